The van der Waals surface area contributed by atoms with E-state index in [1.54, 1.807) is 24.3 Å². The molecule has 0 bridgehead atoms. The van der Waals surface area contributed by atoms with Gasteiger partial charge in [-0.25, -0.2) is 0 Å². The van der Waals surface area contributed by atoms with Crippen LogP contribution in [0.15, 0.2) is 24.3 Å². The van der Waals surface area contributed by atoms with Crippen molar-refractivity contribution in [3.8, 4) is 6.07 Å². The van der Waals surface area contributed by atoms with Crippen LogP contribution in [0.5, 0.6) is 0 Å². The van der Waals surface area contributed by atoms with Crippen LogP contribution < -0.4 is 5.32 Å². The van der Waals surface area contributed by atoms with Gasteiger partial charge in [0.2, 0.25) is 0 Å². The first-order chi connectivity index (χ1) is 11.7. The molecule has 5 nitrogen and oxygen atoms in total. The van der Waals surface area contributed by atoms with Crippen molar-refractivity contribution in [1.82, 2.24) is 0 Å². The summed E-state index contributed by atoms with van der Waals surface area (Å²) in [6, 6.07) is 8.53. The molecule has 0 heterocycles. The topological polar surface area (TPSA) is 79.2 Å². The highest BCUT2D eigenvalue weighted by Crippen LogP contribution is 2.27. The van der Waals surface area contributed by atoms with Crippen LogP contribution >= 0.6 is 0 Å². The smallest absolute Gasteiger partial charge is 0.306 e. The van der Waals surface area contributed by atoms with Crippen LogP contribution in [-0.2, 0) is 14.3 Å². The predicted octanol–water partition coefficient (Wildman–Crippen LogP) is 3.79. The second kappa shape index (κ2) is 9.71. The number of nitrogens with one attached hydrogen (secondary N) is 1. The molecule has 0 saturated heterocycles. The molecule has 1 aromatic carbocycles. The van der Waals surface area contributed by atoms with Crippen LogP contribution in [0.1, 0.15) is 56.9 Å². The highest BCUT2D eigenvalue weighted by atomic mass is 16.5. The zero-order valence-electron chi connectivity index (χ0n) is 13.9. The van der Waals surface area contributed by atoms with E-state index in [2.05, 4.69) is 5.32 Å². The van der Waals surface area contributed by atoms with Crippen molar-refractivity contribution in [3.63, 3.8) is 0 Å². The summed E-state index contributed by atoms with van der Waals surface area (Å²) < 4.78 is 5.01. The van der Waals surface area contributed by atoms with Gasteiger partial charge >= 0.3 is 5.97 Å². The van der Waals surface area contributed by atoms with Crippen molar-refractivity contribution in [3.05, 3.63) is 29.8 Å². The minimum absolute atomic E-state index is 0.276. The highest BCUT2D eigenvalue weighted by molar-refractivity contribution is 5.92. The van der Waals surface area contributed by atoms with Gasteiger partial charge in [0.1, 0.15) is 0 Å². The number of esters is 1. The van der Waals surface area contributed by atoms with Crippen LogP contribution in [-0.4, -0.2) is 18.5 Å². The molecule has 0 aliphatic heterocycles. The van der Waals surface area contributed by atoms with Crippen molar-refractivity contribution in [2.24, 2.45) is 5.92 Å². The van der Waals surface area contributed by atoms with Gasteiger partial charge in [0.05, 0.1) is 11.6 Å². The van der Waals surface area contributed by atoms with E-state index in [9.17, 15) is 9.59 Å². The number of nitrogens with zero attached hydrogens (tertiary/aromatic N) is 1. The molecule has 1 saturated carbocycles. The van der Waals surface area contributed by atoms with Crippen LogP contribution in [0.4, 0.5) is 5.69 Å². The summed E-state index contributed by atoms with van der Waals surface area (Å²) >= 11 is 0. The summed E-state index contributed by atoms with van der Waals surface area (Å²) in [4.78, 5) is 23.4. The van der Waals surface area contributed by atoms with Gasteiger partial charge < -0.3 is 10.1 Å². The molecule has 1 aromatic rings. The molecular formula is C19H24N2O3. The van der Waals surface area contributed by atoms with E-state index < -0.39 is 0 Å². The minimum atomic E-state index is -0.375. The van der Waals surface area contributed by atoms with Crippen molar-refractivity contribution >= 4 is 17.6 Å². The van der Waals surface area contributed by atoms with Crippen LogP contribution in [0.3, 0.4) is 0 Å². The first kappa shape index (κ1) is 18.0. The van der Waals surface area contributed by atoms with Crippen molar-refractivity contribution in [1.29, 1.82) is 5.26 Å². The Morgan fingerprint density at radius 1 is 1.17 bits per heavy atom. The van der Waals surface area contributed by atoms with Crippen molar-refractivity contribution in [2.75, 3.05) is 11.9 Å². The Morgan fingerprint density at radius 2 is 1.88 bits per heavy atom. The highest BCUT2D eigenvalue weighted by Gasteiger charge is 2.14. The number of amides is 1. The Morgan fingerprint density at radius 3 is 2.54 bits per heavy atom. The van der Waals surface area contributed by atoms with E-state index in [0.717, 1.165) is 18.8 Å². The van der Waals surface area contributed by atoms with Gasteiger partial charge in [-0.1, -0.05) is 32.1 Å². The number of benzene rings is 1. The number of carbonyl (C=O) groups is 2. The largest absolute Gasteiger partial charge is 0.456 e. The van der Waals surface area contributed by atoms with Crippen molar-refractivity contribution < 1.29 is 14.3 Å². The molecule has 2 rings (SSSR count). The summed E-state index contributed by atoms with van der Waals surface area (Å²) in [7, 11) is 0. The molecule has 1 aliphatic carbocycles. The molecule has 1 fully saturated rings. The lowest BCUT2D eigenvalue weighted by Crippen LogP contribution is -2.20. The minimum Gasteiger partial charge on any atom is -0.456 e. The number of hydrogen-bond donors (Lipinski definition) is 1. The number of ether oxygens (including phenoxy) is 1. The van der Waals surface area contributed by atoms with Crippen molar-refractivity contribution in [2.45, 2.75) is 51.4 Å². The van der Waals surface area contributed by atoms with Gasteiger partial charge in [-0.3, -0.25) is 9.59 Å². The molecule has 0 unspecified atom stereocenters. The Hall–Kier alpha value is -2.35. The Labute approximate surface area is 143 Å². The molecular weight excluding hydrogens is 304 g/mol. The third kappa shape index (κ3) is 6.41. The number of carbonyl (C=O) groups excluding carboxylic acids is 2. The Balaban J connectivity index is 1.60. The standard InChI is InChI=1S/C19H24N2O3/c20-13-16-9-11-17(12-10-16)21-18(22)14-24-19(23)8-4-7-15-5-2-1-3-6-15/h9-12,15H,1-8,14H2,(H,21,22). The SMILES string of the molecule is N#Cc1ccc(NC(=O)COC(=O)CCCC2CCCCC2)cc1. The molecule has 5 heteroatoms. The van der Waals surface area contributed by atoms with E-state index in [1.807, 2.05) is 6.07 Å². The quantitative estimate of drug-likeness (QED) is 0.772. The van der Waals surface area contributed by atoms with E-state index in [4.69, 9.17) is 10.00 Å². The monoisotopic (exact) mass is 328 g/mol. The van der Waals surface area contributed by atoms with E-state index in [0.29, 0.717) is 17.7 Å². The van der Waals surface area contributed by atoms with Gasteiger partial charge in [-0.05, 0) is 43.0 Å². The van der Waals surface area contributed by atoms with Gasteiger partial charge in [-0.15, -0.1) is 0 Å². The summed E-state index contributed by atoms with van der Waals surface area (Å²) in [5.41, 5.74) is 1.10. The fourth-order valence-corrected chi connectivity index (χ4v) is 3.05. The second-order valence-electron chi connectivity index (χ2n) is 6.29. The maximum absolute atomic E-state index is 11.7. The first-order valence-corrected chi connectivity index (χ1v) is 8.63. The average molecular weight is 328 g/mol. The fraction of sp³-hybridized carbons (Fsp3) is 0.526. The normalized spacial score (nSPS) is 14.6. The Bertz CT molecular complexity index is 584. The molecule has 1 amide bonds. The number of anilines is 1. The third-order valence-electron chi connectivity index (χ3n) is 4.38. The lowest BCUT2D eigenvalue weighted by atomic mass is 9.86. The van der Waals surface area contributed by atoms with Gasteiger partial charge in [0.15, 0.2) is 6.61 Å². The molecule has 1 aliphatic rings. The van der Waals surface area contributed by atoms with Crippen LogP contribution in [0.25, 0.3) is 0 Å². The number of hydrogen-bond acceptors (Lipinski definition) is 4. The molecule has 0 spiro atoms. The Kier molecular flexibility index (Phi) is 7.28. The summed E-state index contributed by atoms with van der Waals surface area (Å²) in [6.07, 6.45) is 8.81. The molecule has 0 aromatic heterocycles. The predicted molar refractivity (Wildman–Crippen MR) is 91.2 cm³/mol. The zero-order valence-corrected chi connectivity index (χ0v) is 13.9. The molecule has 1 N–H and O–H groups in total. The van der Waals surface area contributed by atoms with E-state index in [1.165, 1.54) is 32.1 Å². The summed E-state index contributed by atoms with van der Waals surface area (Å²) in [5.74, 6) is 0.0624. The van der Waals surface area contributed by atoms with Crippen LogP contribution in [0.2, 0.25) is 0 Å². The van der Waals surface area contributed by atoms with Crippen LogP contribution in [0, 0.1) is 17.2 Å². The lowest BCUT2D eigenvalue weighted by molar-refractivity contribution is -0.147. The van der Waals surface area contributed by atoms with E-state index >= 15 is 0 Å². The summed E-state index contributed by atoms with van der Waals surface area (Å²) in [6.45, 7) is -0.276. The van der Waals surface area contributed by atoms with Gasteiger partial charge in [0.25, 0.3) is 5.91 Å². The third-order valence-corrected chi connectivity index (χ3v) is 4.38. The first-order valence-electron chi connectivity index (χ1n) is 8.63. The molecule has 0 atom stereocenters. The lowest BCUT2D eigenvalue weighted by Gasteiger charge is -2.20. The fourth-order valence-electron chi connectivity index (χ4n) is 3.05. The van der Waals surface area contributed by atoms with Gasteiger partial charge in [-0.2, -0.15) is 5.26 Å². The maximum Gasteiger partial charge on any atom is 0.306 e. The summed E-state index contributed by atoms with van der Waals surface area (Å²) in [5, 5.41) is 11.3. The average Bonchev–Trinajstić information content (AvgIpc) is 2.61. The maximum atomic E-state index is 11.7. The van der Waals surface area contributed by atoms with Gasteiger partial charge in [0, 0.05) is 12.1 Å². The second-order valence-corrected chi connectivity index (χ2v) is 6.29. The molecule has 0 radical (unpaired) electrons. The number of nitriles is 1. The zero-order chi connectivity index (χ0) is 17.2. The number of rotatable bonds is 7. The molecule has 128 valence electrons. The van der Waals surface area contributed by atoms with E-state index in [-0.39, 0.29) is 18.5 Å². The molecule has 24 heavy (non-hydrogen) atoms.